The fourth-order valence-corrected chi connectivity index (χ4v) is 1.45. The van der Waals surface area contributed by atoms with Crippen molar-refractivity contribution in [3.05, 3.63) is 35.9 Å². The van der Waals surface area contributed by atoms with Gasteiger partial charge in [0.05, 0.1) is 12.7 Å². The Morgan fingerprint density at radius 2 is 2.00 bits per heavy atom. The van der Waals surface area contributed by atoms with Crippen LogP contribution in [0.25, 0.3) is 0 Å². The summed E-state index contributed by atoms with van der Waals surface area (Å²) < 4.78 is 5.60. The maximum absolute atomic E-state index is 5.60. The summed E-state index contributed by atoms with van der Waals surface area (Å²) in [4.78, 5) is 0. The number of ether oxygens (including phenoxy) is 1. The van der Waals surface area contributed by atoms with E-state index < -0.39 is 0 Å². The number of benzene rings is 1. The van der Waals surface area contributed by atoms with Gasteiger partial charge < -0.3 is 10.1 Å². The minimum atomic E-state index is 0. The highest BCUT2D eigenvalue weighted by molar-refractivity contribution is 5.75. The quantitative estimate of drug-likeness (QED) is 0.640. The molecule has 1 unspecified atom stereocenters. The molecule has 13 heavy (non-hydrogen) atoms. The van der Waals surface area contributed by atoms with Gasteiger partial charge in [-0.15, -0.1) is 0 Å². The molecule has 1 aliphatic heterocycles. The van der Waals surface area contributed by atoms with Crippen LogP contribution in [0.2, 0.25) is 0 Å². The molecule has 1 N–H and O–H groups in total. The van der Waals surface area contributed by atoms with Crippen LogP contribution in [0.5, 0.6) is 0 Å². The predicted octanol–water partition coefficient (Wildman–Crippen LogP) is 0.967. The normalized spacial score (nSPS) is 22.0. The van der Waals surface area contributed by atoms with Gasteiger partial charge in [-0.25, -0.2) is 0 Å². The Bertz CT molecular complexity index is 234. The van der Waals surface area contributed by atoms with Crippen molar-refractivity contribution in [2.45, 2.75) is 6.10 Å². The molecule has 1 aliphatic rings. The fourth-order valence-electron chi connectivity index (χ4n) is 1.45. The van der Waals surface area contributed by atoms with Gasteiger partial charge in [-0.3, -0.25) is 0 Å². The summed E-state index contributed by atoms with van der Waals surface area (Å²) >= 11 is 0. The number of hydrogen-bond acceptors (Lipinski definition) is 2. The molecule has 3 radical (unpaired) electrons. The zero-order valence-electron chi connectivity index (χ0n) is 7.57. The van der Waals surface area contributed by atoms with E-state index >= 15 is 0 Å². The third kappa shape index (κ3) is 2.57. The van der Waals surface area contributed by atoms with Crippen LogP contribution in [0.1, 0.15) is 11.7 Å². The molecule has 1 saturated heterocycles. The first-order chi connectivity index (χ1) is 5.97. The van der Waals surface area contributed by atoms with Gasteiger partial charge in [0.15, 0.2) is 0 Å². The van der Waals surface area contributed by atoms with Crippen LogP contribution in [0.3, 0.4) is 0 Å². The number of hydrogen-bond donors (Lipinski definition) is 1. The van der Waals surface area contributed by atoms with Gasteiger partial charge in [-0.05, 0) is 5.56 Å². The maximum atomic E-state index is 5.60. The predicted molar refractivity (Wildman–Crippen MR) is 53.8 cm³/mol. The Morgan fingerprint density at radius 1 is 1.23 bits per heavy atom. The number of rotatable bonds is 1. The summed E-state index contributed by atoms with van der Waals surface area (Å²) in [7, 11) is 0. The number of morpholine rings is 1. The lowest BCUT2D eigenvalue weighted by Crippen LogP contribution is -2.33. The summed E-state index contributed by atoms with van der Waals surface area (Å²) in [6, 6.07) is 10.3. The van der Waals surface area contributed by atoms with Crippen molar-refractivity contribution in [1.82, 2.24) is 5.32 Å². The molecule has 0 aromatic heterocycles. The van der Waals surface area contributed by atoms with E-state index in [1.807, 2.05) is 18.2 Å². The Hall–Kier alpha value is -0.795. The summed E-state index contributed by atoms with van der Waals surface area (Å²) in [5, 5.41) is 3.31. The van der Waals surface area contributed by atoms with E-state index in [9.17, 15) is 0 Å². The second kappa shape index (κ2) is 5.05. The van der Waals surface area contributed by atoms with Gasteiger partial charge in [0.25, 0.3) is 0 Å². The second-order valence-electron chi connectivity index (χ2n) is 2.97. The Kier molecular flexibility index (Phi) is 3.99. The molecule has 2 rings (SSSR count). The molecule has 0 amide bonds. The first kappa shape index (κ1) is 10.3. The van der Waals surface area contributed by atoms with E-state index in [1.54, 1.807) is 0 Å². The SMILES string of the molecule is [B].c1ccc(C2CNCCO2)cc1. The molecule has 1 atom stereocenters. The topological polar surface area (TPSA) is 21.3 Å². The molecule has 0 aliphatic carbocycles. The van der Waals surface area contributed by atoms with Crippen molar-refractivity contribution in [3.63, 3.8) is 0 Å². The number of nitrogens with one attached hydrogen (secondary N) is 1. The summed E-state index contributed by atoms with van der Waals surface area (Å²) in [5.41, 5.74) is 1.27. The van der Waals surface area contributed by atoms with Crippen molar-refractivity contribution < 1.29 is 4.74 Å². The minimum Gasteiger partial charge on any atom is -0.371 e. The fraction of sp³-hybridized carbons (Fsp3) is 0.400. The van der Waals surface area contributed by atoms with E-state index in [0.29, 0.717) is 0 Å². The van der Waals surface area contributed by atoms with Crippen LogP contribution in [-0.4, -0.2) is 28.1 Å². The highest BCUT2D eigenvalue weighted by Crippen LogP contribution is 2.17. The zero-order chi connectivity index (χ0) is 8.23. The van der Waals surface area contributed by atoms with E-state index in [0.717, 1.165) is 19.7 Å². The van der Waals surface area contributed by atoms with Crippen molar-refractivity contribution in [2.75, 3.05) is 19.7 Å². The van der Waals surface area contributed by atoms with E-state index in [4.69, 9.17) is 4.74 Å². The Balaban J connectivity index is 0.000000845. The highest BCUT2D eigenvalue weighted by Gasteiger charge is 2.14. The molecule has 0 bridgehead atoms. The average Bonchev–Trinajstić information content (AvgIpc) is 2.21. The molecule has 1 aromatic rings. The first-order valence-corrected chi connectivity index (χ1v) is 4.34. The monoisotopic (exact) mass is 174 g/mol. The summed E-state index contributed by atoms with van der Waals surface area (Å²) in [6.45, 7) is 2.73. The lowest BCUT2D eigenvalue weighted by atomic mass is 10.1. The summed E-state index contributed by atoms with van der Waals surface area (Å²) in [5.74, 6) is 0. The first-order valence-electron chi connectivity index (χ1n) is 4.34. The van der Waals surface area contributed by atoms with E-state index in [1.165, 1.54) is 5.56 Å². The van der Waals surface area contributed by atoms with Gasteiger partial charge in [-0.2, -0.15) is 0 Å². The van der Waals surface area contributed by atoms with Crippen molar-refractivity contribution >= 4 is 8.41 Å². The molecule has 3 heteroatoms. The third-order valence-corrected chi connectivity index (χ3v) is 2.10. The largest absolute Gasteiger partial charge is 0.371 e. The van der Waals surface area contributed by atoms with Crippen LogP contribution >= 0.6 is 0 Å². The van der Waals surface area contributed by atoms with Crippen LogP contribution in [0, 0.1) is 0 Å². The third-order valence-electron chi connectivity index (χ3n) is 2.10. The Morgan fingerprint density at radius 3 is 2.62 bits per heavy atom. The lowest BCUT2D eigenvalue weighted by Gasteiger charge is -2.23. The van der Waals surface area contributed by atoms with Crippen LogP contribution < -0.4 is 5.32 Å². The molecular weight excluding hydrogens is 161 g/mol. The molecule has 1 aromatic carbocycles. The van der Waals surface area contributed by atoms with Gasteiger partial charge >= 0.3 is 0 Å². The lowest BCUT2D eigenvalue weighted by molar-refractivity contribution is 0.0277. The molecule has 67 valence electrons. The van der Waals surface area contributed by atoms with Crippen LogP contribution in [0.4, 0.5) is 0 Å². The molecule has 0 spiro atoms. The molecular formula is C10H13BNO. The average molecular weight is 174 g/mol. The molecule has 1 heterocycles. The standard InChI is InChI=1S/C10H13NO.B/c1-2-4-9(5-3-1)10-8-11-6-7-12-10;/h1-5,10-11H,6-8H2;. The minimum absolute atomic E-state index is 0. The van der Waals surface area contributed by atoms with Crippen LogP contribution in [0.15, 0.2) is 30.3 Å². The van der Waals surface area contributed by atoms with Gasteiger partial charge in [-0.1, -0.05) is 30.3 Å². The van der Waals surface area contributed by atoms with Crippen molar-refractivity contribution in [3.8, 4) is 0 Å². The molecule has 0 saturated carbocycles. The van der Waals surface area contributed by atoms with E-state index in [2.05, 4.69) is 17.4 Å². The zero-order valence-corrected chi connectivity index (χ0v) is 7.57. The van der Waals surface area contributed by atoms with Crippen molar-refractivity contribution in [2.24, 2.45) is 0 Å². The van der Waals surface area contributed by atoms with Gasteiger partial charge in [0, 0.05) is 21.5 Å². The van der Waals surface area contributed by atoms with Crippen LogP contribution in [-0.2, 0) is 4.74 Å². The molecule has 1 fully saturated rings. The second-order valence-corrected chi connectivity index (χ2v) is 2.97. The van der Waals surface area contributed by atoms with E-state index in [-0.39, 0.29) is 14.5 Å². The summed E-state index contributed by atoms with van der Waals surface area (Å²) in [6.07, 6.45) is 0.250. The Labute approximate surface area is 80.9 Å². The van der Waals surface area contributed by atoms with Gasteiger partial charge in [0.2, 0.25) is 0 Å². The maximum Gasteiger partial charge on any atom is 0.0949 e. The molecule has 2 nitrogen and oxygen atoms in total. The van der Waals surface area contributed by atoms with Crippen molar-refractivity contribution in [1.29, 1.82) is 0 Å². The highest BCUT2D eigenvalue weighted by atomic mass is 16.5. The smallest absolute Gasteiger partial charge is 0.0949 e. The van der Waals surface area contributed by atoms with Gasteiger partial charge in [0.1, 0.15) is 0 Å².